The topological polar surface area (TPSA) is 92.3 Å². The van der Waals surface area contributed by atoms with E-state index in [0.29, 0.717) is 17.3 Å². The fraction of sp³-hybridized carbons (Fsp3) is 0.154. The summed E-state index contributed by atoms with van der Waals surface area (Å²) in [5.41, 5.74) is 5.00. The Morgan fingerprint density at radius 2 is 1.85 bits per heavy atom. The predicted molar refractivity (Wildman–Crippen MR) is 134 cm³/mol. The van der Waals surface area contributed by atoms with Crippen molar-refractivity contribution >= 4 is 39.8 Å². The van der Waals surface area contributed by atoms with Gasteiger partial charge in [0.25, 0.3) is 0 Å². The van der Waals surface area contributed by atoms with Gasteiger partial charge in [-0.15, -0.1) is 0 Å². The number of fused-ring (bicyclic) bond motifs is 1. The molecule has 0 atom stereocenters. The number of nitrogens with zero attached hydrogens (tertiary/aromatic N) is 4. The highest BCUT2D eigenvalue weighted by Crippen LogP contribution is 2.28. The van der Waals surface area contributed by atoms with Gasteiger partial charge >= 0.3 is 0 Å². The number of hydrogen-bond acceptors (Lipinski definition) is 7. The summed E-state index contributed by atoms with van der Waals surface area (Å²) in [6.07, 6.45) is 4.75. The van der Waals surface area contributed by atoms with Crippen molar-refractivity contribution in [3.8, 4) is 11.3 Å². The SMILES string of the molecule is C=CC(=O)Nc1cccc(-c2nccc3cnc(Nc4ccc(N5CCOCC5)cc4)nc23)c1. The molecule has 1 amide bonds. The number of morpholine rings is 1. The van der Waals surface area contributed by atoms with E-state index >= 15 is 0 Å². The molecule has 0 aliphatic carbocycles. The van der Waals surface area contributed by atoms with Crippen molar-refractivity contribution in [1.82, 2.24) is 15.0 Å². The Bertz CT molecular complexity index is 1330. The van der Waals surface area contributed by atoms with Crippen molar-refractivity contribution in [3.05, 3.63) is 79.6 Å². The van der Waals surface area contributed by atoms with Crippen molar-refractivity contribution in [1.29, 1.82) is 0 Å². The number of aromatic nitrogens is 3. The number of ether oxygens (including phenoxy) is 1. The van der Waals surface area contributed by atoms with Gasteiger partial charge in [0.05, 0.1) is 18.9 Å². The summed E-state index contributed by atoms with van der Waals surface area (Å²) in [7, 11) is 0. The molecular formula is C26H24N6O2. The Hall–Kier alpha value is -4.30. The lowest BCUT2D eigenvalue weighted by atomic mass is 10.1. The molecule has 0 saturated carbocycles. The largest absolute Gasteiger partial charge is 0.378 e. The van der Waals surface area contributed by atoms with Gasteiger partial charge in [-0.1, -0.05) is 18.7 Å². The number of carbonyl (C=O) groups is 1. The normalized spacial score (nSPS) is 13.5. The highest BCUT2D eigenvalue weighted by Gasteiger charge is 2.12. The number of hydrogen-bond donors (Lipinski definition) is 2. The Balaban J connectivity index is 1.41. The molecule has 0 spiro atoms. The zero-order valence-electron chi connectivity index (χ0n) is 18.6. The lowest BCUT2D eigenvalue weighted by molar-refractivity contribution is -0.111. The van der Waals surface area contributed by atoms with Crippen molar-refractivity contribution in [3.63, 3.8) is 0 Å². The minimum absolute atomic E-state index is 0.267. The van der Waals surface area contributed by atoms with Crippen LogP contribution >= 0.6 is 0 Å². The molecule has 34 heavy (non-hydrogen) atoms. The zero-order valence-corrected chi connectivity index (χ0v) is 18.6. The zero-order chi connectivity index (χ0) is 23.3. The van der Waals surface area contributed by atoms with Crippen LogP contribution in [0.3, 0.4) is 0 Å². The van der Waals surface area contributed by atoms with Gasteiger partial charge in [0.15, 0.2) is 0 Å². The number of rotatable bonds is 6. The maximum absolute atomic E-state index is 11.7. The van der Waals surface area contributed by atoms with Gasteiger partial charge < -0.3 is 20.3 Å². The van der Waals surface area contributed by atoms with Crippen LogP contribution in [-0.2, 0) is 9.53 Å². The van der Waals surface area contributed by atoms with E-state index in [1.165, 1.54) is 11.8 Å². The van der Waals surface area contributed by atoms with E-state index in [-0.39, 0.29) is 5.91 Å². The monoisotopic (exact) mass is 452 g/mol. The van der Waals surface area contributed by atoms with Crippen molar-refractivity contribution in [2.45, 2.75) is 0 Å². The van der Waals surface area contributed by atoms with E-state index in [1.807, 2.05) is 42.5 Å². The Kier molecular flexibility index (Phi) is 6.13. The Morgan fingerprint density at radius 3 is 2.65 bits per heavy atom. The van der Waals surface area contributed by atoms with Crippen molar-refractivity contribution < 1.29 is 9.53 Å². The summed E-state index contributed by atoms with van der Waals surface area (Å²) in [6, 6.07) is 17.6. The summed E-state index contributed by atoms with van der Waals surface area (Å²) in [5.74, 6) is 0.216. The number of benzene rings is 2. The molecule has 2 aromatic carbocycles. The molecular weight excluding hydrogens is 428 g/mol. The highest BCUT2D eigenvalue weighted by molar-refractivity contribution is 5.99. The van der Waals surface area contributed by atoms with Crippen LogP contribution in [0.25, 0.3) is 22.2 Å². The number of carbonyl (C=O) groups excluding carboxylic acids is 1. The van der Waals surface area contributed by atoms with E-state index in [1.54, 1.807) is 12.4 Å². The van der Waals surface area contributed by atoms with Gasteiger partial charge in [0, 0.05) is 53.5 Å². The molecule has 1 saturated heterocycles. The van der Waals surface area contributed by atoms with Crippen molar-refractivity contribution in [2.24, 2.45) is 0 Å². The fourth-order valence-corrected chi connectivity index (χ4v) is 3.87. The van der Waals surface area contributed by atoms with Gasteiger partial charge in [0.1, 0.15) is 5.52 Å². The summed E-state index contributed by atoms with van der Waals surface area (Å²) in [4.78, 5) is 27.8. The van der Waals surface area contributed by atoms with E-state index in [2.05, 4.69) is 44.2 Å². The highest BCUT2D eigenvalue weighted by atomic mass is 16.5. The summed E-state index contributed by atoms with van der Waals surface area (Å²) < 4.78 is 5.43. The molecule has 1 fully saturated rings. The lowest BCUT2D eigenvalue weighted by Gasteiger charge is -2.28. The molecule has 5 rings (SSSR count). The first-order valence-electron chi connectivity index (χ1n) is 11.0. The standard InChI is InChI=1S/C26H24N6O2/c1-2-23(33)29-21-5-3-4-18(16-21)24-25-19(10-11-27-24)17-28-26(31-25)30-20-6-8-22(9-7-20)32-12-14-34-15-13-32/h2-11,16-17H,1,12-15H2,(H,29,33)(H,28,30,31). The lowest BCUT2D eigenvalue weighted by Crippen LogP contribution is -2.36. The number of nitrogens with one attached hydrogen (secondary N) is 2. The molecule has 4 aromatic rings. The molecule has 8 nitrogen and oxygen atoms in total. The molecule has 1 aliphatic rings. The average molecular weight is 453 g/mol. The molecule has 8 heteroatoms. The van der Waals surface area contributed by atoms with Crippen LogP contribution in [0.2, 0.25) is 0 Å². The minimum atomic E-state index is -0.267. The van der Waals surface area contributed by atoms with E-state index < -0.39 is 0 Å². The van der Waals surface area contributed by atoms with Crippen molar-refractivity contribution in [2.75, 3.05) is 41.8 Å². The third-order valence-corrected chi connectivity index (χ3v) is 5.59. The predicted octanol–water partition coefficient (Wildman–Crippen LogP) is 4.40. The molecule has 0 unspecified atom stereocenters. The summed E-state index contributed by atoms with van der Waals surface area (Å²) in [5, 5.41) is 6.94. The maximum atomic E-state index is 11.7. The first-order valence-corrected chi connectivity index (χ1v) is 11.0. The molecule has 2 N–H and O–H groups in total. The van der Waals surface area contributed by atoms with E-state index in [4.69, 9.17) is 9.72 Å². The Labute approximate surface area is 197 Å². The van der Waals surface area contributed by atoms with Crippen LogP contribution in [0.1, 0.15) is 0 Å². The van der Waals surface area contributed by atoms with Gasteiger partial charge in [-0.05, 0) is 48.5 Å². The van der Waals surface area contributed by atoms with E-state index in [9.17, 15) is 4.79 Å². The smallest absolute Gasteiger partial charge is 0.247 e. The molecule has 2 aromatic heterocycles. The number of anilines is 4. The third-order valence-electron chi connectivity index (χ3n) is 5.59. The quantitative estimate of drug-likeness (QED) is 0.419. The van der Waals surface area contributed by atoms with Gasteiger partial charge in [-0.3, -0.25) is 9.78 Å². The second-order valence-corrected chi connectivity index (χ2v) is 7.84. The third kappa shape index (κ3) is 4.72. The molecule has 3 heterocycles. The number of amides is 1. The molecule has 0 bridgehead atoms. The minimum Gasteiger partial charge on any atom is -0.378 e. The fourth-order valence-electron chi connectivity index (χ4n) is 3.87. The summed E-state index contributed by atoms with van der Waals surface area (Å²) in [6.45, 7) is 6.80. The van der Waals surface area contributed by atoms with Crippen LogP contribution in [0, 0.1) is 0 Å². The second-order valence-electron chi connectivity index (χ2n) is 7.84. The van der Waals surface area contributed by atoms with Crippen LogP contribution < -0.4 is 15.5 Å². The molecule has 1 aliphatic heterocycles. The van der Waals surface area contributed by atoms with Crippen LogP contribution in [-0.4, -0.2) is 47.2 Å². The second kappa shape index (κ2) is 9.68. The van der Waals surface area contributed by atoms with Gasteiger partial charge in [-0.2, -0.15) is 0 Å². The Morgan fingerprint density at radius 1 is 1.03 bits per heavy atom. The van der Waals surface area contributed by atoms with Crippen LogP contribution in [0.15, 0.2) is 79.6 Å². The summed E-state index contributed by atoms with van der Waals surface area (Å²) >= 11 is 0. The number of pyridine rings is 1. The average Bonchev–Trinajstić information content (AvgIpc) is 2.89. The molecule has 0 radical (unpaired) electrons. The van der Waals surface area contributed by atoms with Crippen LogP contribution in [0.4, 0.5) is 23.0 Å². The first kappa shape index (κ1) is 21.5. The van der Waals surface area contributed by atoms with Gasteiger partial charge in [0.2, 0.25) is 11.9 Å². The van der Waals surface area contributed by atoms with Crippen LogP contribution in [0.5, 0.6) is 0 Å². The first-order chi connectivity index (χ1) is 16.7. The van der Waals surface area contributed by atoms with E-state index in [0.717, 1.165) is 48.5 Å². The molecule has 170 valence electrons. The van der Waals surface area contributed by atoms with Gasteiger partial charge in [-0.25, -0.2) is 9.97 Å². The maximum Gasteiger partial charge on any atom is 0.247 e.